The van der Waals surface area contributed by atoms with Crippen molar-refractivity contribution < 1.29 is 8.85 Å². The third-order valence-corrected chi connectivity index (χ3v) is 10.4. The van der Waals surface area contributed by atoms with Gasteiger partial charge in [-0.25, -0.2) is 0 Å². The fourth-order valence-electron chi connectivity index (χ4n) is 1.99. The summed E-state index contributed by atoms with van der Waals surface area (Å²) in [4.78, 5) is 0. The number of rotatable bonds is 9. The quantitative estimate of drug-likeness (QED) is 0.462. The number of hydrogen-bond acceptors (Lipinski definition) is 2. The molecule has 0 aromatic carbocycles. The highest BCUT2D eigenvalue weighted by Gasteiger charge is 2.30. The largest absolute Gasteiger partial charge is 0.397 e. The molecule has 15 heavy (non-hydrogen) atoms. The second kappa shape index (κ2) is 8.69. The van der Waals surface area contributed by atoms with Gasteiger partial charge in [0.2, 0.25) is 0 Å². The molecule has 0 aliphatic heterocycles. The molecular formula is C11H27O2PSi+. The summed E-state index contributed by atoms with van der Waals surface area (Å²) in [5.74, 6) is 0. The van der Waals surface area contributed by atoms with Gasteiger partial charge in [-0.2, -0.15) is 0 Å². The molecule has 0 spiro atoms. The lowest BCUT2D eigenvalue weighted by Gasteiger charge is -2.23. The topological polar surface area (TPSA) is 18.5 Å². The molecule has 0 N–H and O–H groups in total. The van der Waals surface area contributed by atoms with Crippen LogP contribution in [0.5, 0.6) is 0 Å². The summed E-state index contributed by atoms with van der Waals surface area (Å²) in [6, 6.07) is 1.14. The zero-order valence-electron chi connectivity index (χ0n) is 11.0. The second-order valence-corrected chi connectivity index (χ2v) is 11.0. The van der Waals surface area contributed by atoms with E-state index in [4.69, 9.17) is 8.85 Å². The van der Waals surface area contributed by atoms with Crippen molar-refractivity contribution in [1.82, 2.24) is 0 Å². The first-order valence-corrected chi connectivity index (χ1v) is 10.0. The molecule has 0 amide bonds. The molecule has 0 aliphatic rings. The highest BCUT2D eigenvalue weighted by Crippen LogP contribution is 2.58. The third kappa shape index (κ3) is 5.44. The lowest BCUT2D eigenvalue weighted by molar-refractivity contribution is 0.277. The van der Waals surface area contributed by atoms with E-state index in [0.717, 1.165) is 6.04 Å². The van der Waals surface area contributed by atoms with Crippen LogP contribution in [0.1, 0.15) is 27.2 Å². The fraction of sp³-hybridized carbons (Fsp3) is 1.00. The standard InChI is InChI=1S/C11H27O2PSi/c1-6-14(7-2,8-3)10-9-11-15(12-4)13-5/h6-11H2,1-5H3/q+1. The van der Waals surface area contributed by atoms with Gasteiger partial charge >= 0.3 is 9.28 Å². The van der Waals surface area contributed by atoms with Gasteiger partial charge in [0.25, 0.3) is 0 Å². The smallest absolute Gasteiger partial charge is 0.384 e. The Morgan fingerprint density at radius 1 is 0.933 bits per heavy atom. The molecule has 1 radical (unpaired) electrons. The van der Waals surface area contributed by atoms with E-state index in [1.807, 2.05) is 0 Å². The van der Waals surface area contributed by atoms with Crippen LogP contribution in [0.2, 0.25) is 6.04 Å². The lowest BCUT2D eigenvalue weighted by Crippen LogP contribution is -2.19. The summed E-state index contributed by atoms with van der Waals surface area (Å²) in [5.41, 5.74) is 0. The first kappa shape index (κ1) is 15.6. The first-order chi connectivity index (χ1) is 7.17. The Labute approximate surface area is 97.9 Å². The van der Waals surface area contributed by atoms with Crippen LogP contribution in [-0.4, -0.2) is 48.2 Å². The minimum absolute atomic E-state index is 0.611. The van der Waals surface area contributed by atoms with Crippen molar-refractivity contribution in [3.63, 3.8) is 0 Å². The van der Waals surface area contributed by atoms with Crippen LogP contribution in [0, 0.1) is 0 Å². The van der Waals surface area contributed by atoms with Crippen LogP contribution in [0.25, 0.3) is 0 Å². The van der Waals surface area contributed by atoms with Crippen molar-refractivity contribution in [2.24, 2.45) is 0 Å². The van der Waals surface area contributed by atoms with Crippen molar-refractivity contribution >= 4 is 16.5 Å². The summed E-state index contributed by atoms with van der Waals surface area (Å²) in [6.45, 7) is 7.08. The predicted molar refractivity (Wildman–Crippen MR) is 72.6 cm³/mol. The Morgan fingerprint density at radius 2 is 1.40 bits per heavy atom. The lowest BCUT2D eigenvalue weighted by atomic mass is 10.6. The van der Waals surface area contributed by atoms with Gasteiger partial charge in [0.1, 0.15) is 0 Å². The molecule has 0 bridgehead atoms. The van der Waals surface area contributed by atoms with E-state index in [1.165, 1.54) is 31.1 Å². The van der Waals surface area contributed by atoms with Crippen LogP contribution in [0.15, 0.2) is 0 Å². The van der Waals surface area contributed by atoms with Crippen molar-refractivity contribution in [3.8, 4) is 0 Å². The maximum atomic E-state index is 5.31. The molecule has 91 valence electrons. The molecule has 0 rings (SSSR count). The Balaban J connectivity index is 3.89. The molecule has 0 atom stereocenters. The number of hydrogen-bond donors (Lipinski definition) is 0. The molecule has 0 aromatic heterocycles. The average molecular weight is 250 g/mol. The van der Waals surface area contributed by atoms with Gasteiger partial charge in [0.05, 0.1) is 24.6 Å². The molecule has 0 saturated carbocycles. The van der Waals surface area contributed by atoms with E-state index in [1.54, 1.807) is 14.2 Å². The Morgan fingerprint density at radius 3 is 1.73 bits per heavy atom. The zero-order chi connectivity index (χ0) is 11.7. The van der Waals surface area contributed by atoms with Crippen LogP contribution in [0.4, 0.5) is 0 Å². The second-order valence-electron chi connectivity index (χ2n) is 3.90. The highest BCUT2D eigenvalue weighted by molar-refractivity contribution is 7.75. The fourth-order valence-corrected chi connectivity index (χ4v) is 6.45. The van der Waals surface area contributed by atoms with Gasteiger partial charge in [-0.1, -0.05) is 0 Å². The highest BCUT2D eigenvalue weighted by atomic mass is 31.2. The molecule has 0 unspecified atom stereocenters. The van der Waals surface area contributed by atoms with Crippen molar-refractivity contribution in [1.29, 1.82) is 0 Å². The first-order valence-electron chi connectivity index (χ1n) is 5.96. The van der Waals surface area contributed by atoms with Gasteiger partial charge in [-0.3, -0.25) is 0 Å². The van der Waals surface area contributed by atoms with Crippen molar-refractivity contribution in [2.45, 2.75) is 33.2 Å². The van der Waals surface area contributed by atoms with Gasteiger partial charge in [0.15, 0.2) is 0 Å². The van der Waals surface area contributed by atoms with Crippen molar-refractivity contribution in [2.75, 3.05) is 38.9 Å². The maximum Gasteiger partial charge on any atom is 0.384 e. The third-order valence-electron chi connectivity index (χ3n) is 3.48. The van der Waals surface area contributed by atoms with E-state index in [2.05, 4.69) is 20.8 Å². The molecule has 0 aromatic rings. The van der Waals surface area contributed by atoms with E-state index in [9.17, 15) is 0 Å². The van der Waals surface area contributed by atoms with Crippen LogP contribution in [-0.2, 0) is 8.85 Å². The van der Waals surface area contributed by atoms with Gasteiger partial charge < -0.3 is 8.85 Å². The summed E-state index contributed by atoms with van der Waals surface area (Å²) in [5, 5.41) is 0. The van der Waals surface area contributed by atoms with E-state index in [-0.39, 0.29) is 0 Å². The molecular weight excluding hydrogens is 223 g/mol. The monoisotopic (exact) mass is 250 g/mol. The van der Waals surface area contributed by atoms with Crippen LogP contribution >= 0.6 is 7.26 Å². The van der Waals surface area contributed by atoms with Crippen molar-refractivity contribution in [3.05, 3.63) is 0 Å². The average Bonchev–Trinajstić information content (AvgIpc) is 2.31. The van der Waals surface area contributed by atoms with Gasteiger partial charge in [0, 0.05) is 21.5 Å². The summed E-state index contributed by atoms with van der Waals surface area (Å²) >= 11 is 0. The minimum atomic E-state index is -0.952. The van der Waals surface area contributed by atoms with Gasteiger partial charge in [-0.15, -0.1) is 0 Å². The Hall–Kier alpha value is 0.567. The summed E-state index contributed by atoms with van der Waals surface area (Å²) in [6.07, 6.45) is 6.93. The normalized spacial score (nSPS) is 12.4. The van der Waals surface area contributed by atoms with E-state index >= 15 is 0 Å². The van der Waals surface area contributed by atoms with Crippen LogP contribution < -0.4 is 0 Å². The Kier molecular flexibility index (Phi) is 9.02. The molecule has 2 nitrogen and oxygen atoms in total. The van der Waals surface area contributed by atoms with E-state index < -0.39 is 16.5 Å². The SMILES string of the molecule is CC[P+](CC)(CC)CCC[Si](OC)OC. The van der Waals surface area contributed by atoms with Gasteiger partial charge in [-0.05, 0) is 33.2 Å². The Bertz CT molecular complexity index is 139. The molecule has 0 saturated heterocycles. The zero-order valence-corrected chi connectivity index (χ0v) is 12.9. The maximum absolute atomic E-state index is 5.31. The molecule has 4 heteroatoms. The minimum Gasteiger partial charge on any atom is -0.397 e. The predicted octanol–water partition coefficient (Wildman–Crippen LogP) is 3.23. The van der Waals surface area contributed by atoms with Crippen LogP contribution in [0.3, 0.4) is 0 Å². The molecule has 0 heterocycles. The van der Waals surface area contributed by atoms with E-state index in [0.29, 0.717) is 0 Å². The molecule has 0 aliphatic carbocycles. The summed E-state index contributed by atoms with van der Waals surface area (Å²) in [7, 11) is 1.96. The summed E-state index contributed by atoms with van der Waals surface area (Å²) < 4.78 is 10.6. The molecule has 0 fully saturated rings.